The maximum Gasteiger partial charge on any atom is 0.252 e. The van der Waals surface area contributed by atoms with Crippen molar-refractivity contribution in [1.82, 2.24) is 9.62 Å². The van der Waals surface area contributed by atoms with Gasteiger partial charge in [0.1, 0.15) is 0 Å². The molecular weight excluding hydrogens is 286 g/mol. The summed E-state index contributed by atoms with van der Waals surface area (Å²) in [6, 6.07) is 6.42. The number of rotatable bonds is 7. The highest BCUT2D eigenvalue weighted by Crippen LogP contribution is 2.22. The molecule has 114 valence electrons. The van der Waals surface area contributed by atoms with Crippen LogP contribution in [0.3, 0.4) is 0 Å². The Balaban J connectivity index is 3.10. The molecule has 0 fully saturated rings. The summed E-state index contributed by atoms with van der Waals surface area (Å²) in [6.07, 6.45) is -1.90. The predicted molar refractivity (Wildman–Crippen MR) is 74.4 cm³/mol. The van der Waals surface area contributed by atoms with Gasteiger partial charge in [-0.15, -0.1) is 0 Å². The average Bonchev–Trinajstić information content (AvgIpc) is 2.39. The lowest BCUT2D eigenvalue weighted by Gasteiger charge is -2.19. The third-order valence-corrected chi connectivity index (χ3v) is 4.94. The lowest BCUT2D eigenvalue weighted by molar-refractivity contribution is 0.126. The molecule has 0 saturated carbocycles. The van der Waals surface area contributed by atoms with Gasteiger partial charge in [-0.05, 0) is 31.2 Å². The Kier molecular flexibility index (Phi) is 6.04. The van der Waals surface area contributed by atoms with Gasteiger partial charge in [0, 0.05) is 13.1 Å². The van der Waals surface area contributed by atoms with Gasteiger partial charge in [-0.1, -0.05) is 19.1 Å². The lowest BCUT2D eigenvalue weighted by atomic mass is 10.1. The highest BCUT2D eigenvalue weighted by molar-refractivity contribution is 7.89. The predicted octanol–water partition coefficient (Wildman–Crippen LogP) is 2.24. The average molecular weight is 306 g/mol. The lowest BCUT2D eigenvalue weighted by Crippen LogP contribution is -2.31. The van der Waals surface area contributed by atoms with Gasteiger partial charge in [-0.2, -0.15) is 4.31 Å². The zero-order valence-electron chi connectivity index (χ0n) is 11.8. The number of halogens is 2. The van der Waals surface area contributed by atoms with Gasteiger partial charge in [0.25, 0.3) is 6.43 Å². The fraction of sp³-hybridized carbons (Fsp3) is 0.538. The van der Waals surface area contributed by atoms with Crippen LogP contribution in [0.15, 0.2) is 29.2 Å². The summed E-state index contributed by atoms with van der Waals surface area (Å²) < 4.78 is 49.7. The minimum atomic E-state index is -3.88. The van der Waals surface area contributed by atoms with E-state index in [-0.39, 0.29) is 10.9 Å². The van der Waals surface area contributed by atoms with Crippen molar-refractivity contribution in [3.05, 3.63) is 29.8 Å². The van der Waals surface area contributed by atoms with Crippen molar-refractivity contribution >= 4 is 10.0 Å². The van der Waals surface area contributed by atoms with Gasteiger partial charge < -0.3 is 5.32 Å². The Bertz CT molecular complexity index is 531. The summed E-state index contributed by atoms with van der Waals surface area (Å²) >= 11 is 0. The number of benzene rings is 1. The van der Waals surface area contributed by atoms with Crippen LogP contribution in [-0.2, 0) is 10.0 Å². The zero-order chi connectivity index (χ0) is 15.3. The highest BCUT2D eigenvalue weighted by Gasteiger charge is 2.24. The molecule has 1 unspecified atom stereocenters. The van der Waals surface area contributed by atoms with Gasteiger partial charge in [0.2, 0.25) is 10.0 Å². The maximum absolute atomic E-state index is 12.3. The molecule has 0 radical (unpaired) electrons. The standard InChI is InChI=1S/C13H20F2N2O2S/c1-4-12(16-2)10-6-5-7-11(8-10)20(18,19)17(3)9-13(14)15/h5-8,12-13,16H,4,9H2,1-3H3. The van der Waals surface area contributed by atoms with Crippen molar-refractivity contribution < 1.29 is 17.2 Å². The molecule has 1 rings (SSSR count). The molecule has 0 aromatic heterocycles. The second kappa shape index (κ2) is 7.10. The smallest absolute Gasteiger partial charge is 0.252 e. The number of nitrogens with zero attached hydrogens (tertiary/aromatic N) is 1. The van der Waals surface area contributed by atoms with Crippen molar-refractivity contribution in [2.45, 2.75) is 30.7 Å². The molecule has 1 aromatic carbocycles. The van der Waals surface area contributed by atoms with E-state index in [1.165, 1.54) is 12.1 Å². The molecule has 0 aliphatic carbocycles. The summed E-state index contributed by atoms with van der Waals surface area (Å²) in [4.78, 5) is 0.0341. The Morgan fingerprint density at radius 3 is 2.50 bits per heavy atom. The first-order valence-electron chi connectivity index (χ1n) is 6.34. The summed E-state index contributed by atoms with van der Waals surface area (Å²) in [5.74, 6) is 0. The number of nitrogens with one attached hydrogen (secondary N) is 1. The molecule has 1 N–H and O–H groups in total. The van der Waals surface area contributed by atoms with Crippen LogP contribution >= 0.6 is 0 Å². The number of hydrogen-bond donors (Lipinski definition) is 1. The van der Waals surface area contributed by atoms with E-state index in [0.29, 0.717) is 4.31 Å². The first kappa shape index (κ1) is 17.0. The molecule has 0 saturated heterocycles. The van der Waals surface area contributed by atoms with E-state index in [9.17, 15) is 17.2 Å². The minimum Gasteiger partial charge on any atom is -0.313 e. The largest absolute Gasteiger partial charge is 0.313 e. The Labute approximate surface area is 118 Å². The summed E-state index contributed by atoms with van der Waals surface area (Å²) in [5, 5.41) is 3.08. The molecule has 1 atom stereocenters. The SMILES string of the molecule is CCC(NC)c1cccc(S(=O)(=O)N(C)CC(F)F)c1. The van der Waals surface area contributed by atoms with E-state index in [0.717, 1.165) is 19.0 Å². The van der Waals surface area contributed by atoms with Gasteiger partial charge >= 0.3 is 0 Å². The van der Waals surface area contributed by atoms with Crippen LogP contribution in [0.25, 0.3) is 0 Å². The van der Waals surface area contributed by atoms with Crippen molar-refractivity contribution in [2.24, 2.45) is 0 Å². The topological polar surface area (TPSA) is 49.4 Å². The van der Waals surface area contributed by atoms with E-state index >= 15 is 0 Å². The molecular formula is C13H20F2N2O2S. The van der Waals surface area contributed by atoms with E-state index in [1.807, 2.05) is 13.0 Å². The monoisotopic (exact) mass is 306 g/mol. The minimum absolute atomic E-state index is 0.0329. The second-order valence-corrected chi connectivity index (χ2v) is 6.54. The van der Waals surface area contributed by atoms with E-state index in [4.69, 9.17) is 0 Å². The van der Waals surface area contributed by atoms with Crippen LogP contribution in [0.5, 0.6) is 0 Å². The number of hydrogen-bond acceptors (Lipinski definition) is 3. The molecule has 4 nitrogen and oxygen atoms in total. The molecule has 1 aromatic rings. The molecule has 0 aliphatic heterocycles. The van der Waals surface area contributed by atoms with Crippen LogP contribution in [0.1, 0.15) is 24.9 Å². The van der Waals surface area contributed by atoms with E-state index in [1.54, 1.807) is 13.1 Å². The van der Waals surface area contributed by atoms with Crippen LogP contribution < -0.4 is 5.32 Å². The quantitative estimate of drug-likeness (QED) is 0.840. The number of sulfonamides is 1. The summed E-state index contributed by atoms with van der Waals surface area (Å²) in [6.45, 7) is 1.17. The molecule has 0 aliphatic rings. The fourth-order valence-corrected chi connectivity index (χ4v) is 3.18. The van der Waals surface area contributed by atoms with Crippen LogP contribution in [-0.4, -0.2) is 39.8 Å². The normalized spacial score (nSPS) is 13.9. The Hall–Kier alpha value is -1.05. The summed E-state index contributed by atoms with van der Waals surface area (Å²) in [5.41, 5.74) is 0.821. The van der Waals surface area contributed by atoms with Crippen molar-refractivity contribution in [3.63, 3.8) is 0 Å². The van der Waals surface area contributed by atoms with Crippen molar-refractivity contribution in [2.75, 3.05) is 20.6 Å². The Morgan fingerprint density at radius 1 is 1.35 bits per heavy atom. The van der Waals surface area contributed by atoms with E-state index in [2.05, 4.69) is 5.32 Å². The van der Waals surface area contributed by atoms with Gasteiger partial charge in [-0.3, -0.25) is 0 Å². The Morgan fingerprint density at radius 2 is 2.00 bits per heavy atom. The van der Waals surface area contributed by atoms with Gasteiger partial charge in [0.05, 0.1) is 11.4 Å². The van der Waals surface area contributed by atoms with Crippen LogP contribution in [0, 0.1) is 0 Å². The van der Waals surface area contributed by atoms with Crippen molar-refractivity contribution in [1.29, 1.82) is 0 Å². The molecule has 20 heavy (non-hydrogen) atoms. The molecule has 7 heteroatoms. The zero-order valence-corrected chi connectivity index (χ0v) is 12.6. The molecule has 0 amide bonds. The first-order valence-corrected chi connectivity index (χ1v) is 7.78. The van der Waals surface area contributed by atoms with E-state index < -0.39 is 23.0 Å². The number of alkyl halides is 2. The highest BCUT2D eigenvalue weighted by atomic mass is 32.2. The third kappa shape index (κ3) is 3.97. The molecule has 0 spiro atoms. The second-order valence-electron chi connectivity index (χ2n) is 4.50. The van der Waals surface area contributed by atoms with Gasteiger partial charge in [-0.25, -0.2) is 17.2 Å². The van der Waals surface area contributed by atoms with Gasteiger partial charge in [0.15, 0.2) is 0 Å². The first-order chi connectivity index (χ1) is 9.32. The molecule has 0 heterocycles. The fourth-order valence-electron chi connectivity index (χ4n) is 1.97. The van der Waals surface area contributed by atoms with Crippen LogP contribution in [0.4, 0.5) is 8.78 Å². The third-order valence-electron chi connectivity index (χ3n) is 3.12. The maximum atomic E-state index is 12.3. The van der Waals surface area contributed by atoms with Crippen molar-refractivity contribution in [3.8, 4) is 0 Å². The molecule has 0 bridgehead atoms. The van der Waals surface area contributed by atoms with Crippen LogP contribution in [0.2, 0.25) is 0 Å². The summed E-state index contributed by atoms with van der Waals surface area (Å²) in [7, 11) is -0.935.